The molecule has 0 radical (unpaired) electrons. The van der Waals surface area contributed by atoms with Crippen molar-refractivity contribution in [3.8, 4) is 39.2 Å². The maximum absolute atomic E-state index is 6.38. The number of hydrogen-bond donors (Lipinski definition) is 0. The lowest BCUT2D eigenvalue weighted by Crippen LogP contribution is -2.25. The van der Waals surface area contributed by atoms with Crippen LogP contribution in [0.3, 0.4) is 0 Å². The van der Waals surface area contributed by atoms with Crippen LogP contribution in [-0.4, -0.2) is 9.55 Å². The molecule has 9 aromatic carbocycles. The molecule has 2 aliphatic carbocycles. The standard InChI is InChI=1S/C56H32N2O/c1-7-22-44-35(16-1)36-17-2-8-23-45(36)56(44)46-24-9-3-20-39(46)54-47(56)29-28-41-53(54)40-21-4-10-25-48(40)57-55(41)33-14-13-15-34(30-33)58-49-26-11-5-18-37(49)42-32-52-43(31-50(42)58)38-19-6-12-27-51(38)59-52/h1-32H. The van der Waals surface area contributed by atoms with Crippen molar-refractivity contribution in [1.82, 2.24) is 9.55 Å². The predicted octanol–water partition coefficient (Wildman–Crippen LogP) is 14.4. The minimum Gasteiger partial charge on any atom is -0.456 e. The molecule has 12 aromatic rings. The number of para-hydroxylation sites is 3. The van der Waals surface area contributed by atoms with Crippen LogP contribution < -0.4 is 0 Å². The monoisotopic (exact) mass is 748 g/mol. The number of benzene rings is 9. The number of hydrogen-bond acceptors (Lipinski definition) is 2. The molecule has 0 N–H and O–H groups in total. The van der Waals surface area contributed by atoms with Gasteiger partial charge in [0, 0.05) is 49.0 Å². The summed E-state index contributed by atoms with van der Waals surface area (Å²) in [5.74, 6) is 0. The average Bonchev–Trinajstić information content (AvgIpc) is 4.01. The van der Waals surface area contributed by atoms with Crippen LogP contribution in [-0.2, 0) is 5.41 Å². The number of rotatable bonds is 2. The van der Waals surface area contributed by atoms with Gasteiger partial charge >= 0.3 is 0 Å². The molecule has 3 aromatic heterocycles. The second-order valence-corrected chi connectivity index (χ2v) is 16.1. The summed E-state index contributed by atoms with van der Waals surface area (Å²) in [7, 11) is 0. The molecule has 3 heterocycles. The van der Waals surface area contributed by atoms with Crippen molar-refractivity contribution < 1.29 is 4.42 Å². The van der Waals surface area contributed by atoms with Gasteiger partial charge in [-0.05, 0) is 87.0 Å². The molecule has 0 fully saturated rings. The van der Waals surface area contributed by atoms with Crippen molar-refractivity contribution in [3.63, 3.8) is 0 Å². The molecule has 272 valence electrons. The van der Waals surface area contributed by atoms with Crippen LogP contribution in [0.1, 0.15) is 22.3 Å². The maximum atomic E-state index is 6.38. The summed E-state index contributed by atoms with van der Waals surface area (Å²) in [5.41, 5.74) is 18.5. The Kier molecular flexibility index (Phi) is 5.96. The van der Waals surface area contributed by atoms with Crippen molar-refractivity contribution in [1.29, 1.82) is 0 Å². The summed E-state index contributed by atoms with van der Waals surface area (Å²) in [5, 5.41) is 8.19. The molecular weight excluding hydrogens is 717 g/mol. The van der Waals surface area contributed by atoms with Gasteiger partial charge in [-0.15, -0.1) is 0 Å². The van der Waals surface area contributed by atoms with E-state index in [2.05, 4.69) is 193 Å². The first-order chi connectivity index (χ1) is 29.3. The van der Waals surface area contributed by atoms with Crippen LogP contribution >= 0.6 is 0 Å². The molecule has 0 bridgehead atoms. The second-order valence-electron chi connectivity index (χ2n) is 16.1. The number of pyridine rings is 1. The van der Waals surface area contributed by atoms with Crippen molar-refractivity contribution in [2.45, 2.75) is 5.41 Å². The summed E-state index contributed by atoms with van der Waals surface area (Å²) < 4.78 is 8.79. The highest BCUT2D eigenvalue weighted by Gasteiger charge is 2.52. The molecule has 0 aliphatic heterocycles. The molecule has 0 amide bonds. The molecule has 0 unspecified atom stereocenters. The van der Waals surface area contributed by atoms with Gasteiger partial charge in [-0.1, -0.05) is 152 Å². The summed E-state index contributed by atoms with van der Waals surface area (Å²) in [6.07, 6.45) is 0. The predicted molar refractivity (Wildman–Crippen MR) is 243 cm³/mol. The highest BCUT2D eigenvalue weighted by molar-refractivity contribution is 6.20. The smallest absolute Gasteiger partial charge is 0.136 e. The summed E-state index contributed by atoms with van der Waals surface area (Å²) >= 11 is 0. The largest absolute Gasteiger partial charge is 0.456 e. The lowest BCUT2D eigenvalue weighted by molar-refractivity contribution is 0.669. The van der Waals surface area contributed by atoms with E-state index in [-0.39, 0.29) is 0 Å². The summed E-state index contributed by atoms with van der Waals surface area (Å²) in [6, 6.07) is 71.1. The van der Waals surface area contributed by atoms with Gasteiger partial charge in [-0.25, -0.2) is 4.98 Å². The Morgan fingerprint density at radius 1 is 0.407 bits per heavy atom. The Bertz CT molecular complexity index is 3760. The Balaban J connectivity index is 1.06. The zero-order valence-corrected chi connectivity index (χ0v) is 31.8. The number of nitrogens with zero attached hydrogens (tertiary/aromatic N) is 2. The molecular formula is C56H32N2O. The van der Waals surface area contributed by atoms with E-state index in [0.717, 1.165) is 60.8 Å². The van der Waals surface area contributed by atoms with Crippen molar-refractivity contribution in [3.05, 3.63) is 216 Å². The van der Waals surface area contributed by atoms with Gasteiger partial charge in [0.05, 0.1) is 27.7 Å². The third-order valence-electron chi connectivity index (χ3n) is 13.4. The summed E-state index contributed by atoms with van der Waals surface area (Å²) in [4.78, 5) is 5.51. The first-order valence-electron chi connectivity index (χ1n) is 20.4. The highest BCUT2D eigenvalue weighted by atomic mass is 16.3. The molecule has 1 spiro atoms. The molecule has 2 aliphatic rings. The average molecular weight is 749 g/mol. The molecule has 3 heteroatoms. The summed E-state index contributed by atoms with van der Waals surface area (Å²) in [6.45, 7) is 0. The van der Waals surface area contributed by atoms with Crippen LogP contribution in [0, 0.1) is 0 Å². The third kappa shape index (κ3) is 3.90. The molecule has 3 nitrogen and oxygen atoms in total. The third-order valence-corrected chi connectivity index (χ3v) is 13.4. The lowest BCUT2D eigenvalue weighted by atomic mass is 9.70. The van der Waals surface area contributed by atoms with E-state index < -0.39 is 5.41 Å². The highest BCUT2D eigenvalue weighted by Crippen LogP contribution is 2.64. The zero-order chi connectivity index (χ0) is 38.4. The van der Waals surface area contributed by atoms with Gasteiger partial charge in [0.2, 0.25) is 0 Å². The normalized spacial score (nSPS) is 13.6. The Labute approximate surface area is 339 Å². The number of furan rings is 1. The zero-order valence-electron chi connectivity index (χ0n) is 31.8. The van der Waals surface area contributed by atoms with Gasteiger partial charge < -0.3 is 8.98 Å². The SMILES string of the molecule is c1cc(-c2nc3ccccc3c3c4c(ccc23)C2(c3ccccc3-c3ccccc32)c2ccccc2-4)cc(-n2c3ccccc3c3cc4oc5ccccc5c4cc32)c1. The van der Waals surface area contributed by atoms with E-state index in [0.29, 0.717) is 0 Å². The van der Waals surface area contributed by atoms with Crippen LogP contribution in [0.25, 0.3) is 105 Å². The fraction of sp³-hybridized carbons (Fsp3) is 0.0179. The van der Waals surface area contributed by atoms with Gasteiger partial charge in [0.15, 0.2) is 0 Å². The van der Waals surface area contributed by atoms with E-state index in [1.54, 1.807) is 0 Å². The van der Waals surface area contributed by atoms with Crippen molar-refractivity contribution >= 4 is 65.4 Å². The van der Waals surface area contributed by atoms with Crippen LogP contribution in [0.2, 0.25) is 0 Å². The first kappa shape index (κ1) is 31.3. The van der Waals surface area contributed by atoms with Crippen molar-refractivity contribution in [2.75, 3.05) is 0 Å². The molecule has 0 atom stereocenters. The van der Waals surface area contributed by atoms with E-state index in [9.17, 15) is 0 Å². The fourth-order valence-corrected chi connectivity index (χ4v) is 11.1. The van der Waals surface area contributed by atoms with E-state index in [1.165, 1.54) is 66.1 Å². The Hall–Kier alpha value is -7.75. The molecule has 0 saturated heterocycles. The van der Waals surface area contributed by atoms with E-state index >= 15 is 0 Å². The molecule has 14 rings (SSSR count). The quantitative estimate of drug-likeness (QED) is 0.165. The number of aromatic nitrogens is 2. The minimum absolute atomic E-state index is 0.417. The Morgan fingerprint density at radius 3 is 1.88 bits per heavy atom. The fourth-order valence-electron chi connectivity index (χ4n) is 11.1. The minimum atomic E-state index is -0.417. The first-order valence-corrected chi connectivity index (χ1v) is 20.4. The van der Waals surface area contributed by atoms with Gasteiger partial charge in [0.25, 0.3) is 0 Å². The van der Waals surface area contributed by atoms with Crippen LogP contribution in [0.4, 0.5) is 0 Å². The topological polar surface area (TPSA) is 31.0 Å². The second kappa shape index (κ2) is 11.2. The van der Waals surface area contributed by atoms with Gasteiger partial charge in [0.1, 0.15) is 11.2 Å². The van der Waals surface area contributed by atoms with Gasteiger partial charge in [-0.2, -0.15) is 0 Å². The lowest BCUT2D eigenvalue weighted by Gasteiger charge is -2.30. The maximum Gasteiger partial charge on any atom is 0.136 e. The van der Waals surface area contributed by atoms with E-state index in [1.807, 2.05) is 6.07 Å². The molecule has 59 heavy (non-hydrogen) atoms. The molecule has 0 saturated carbocycles. The van der Waals surface area contributed by atoms with E-state index in [4.69, 9.17) is 9.40 Å². The Morgan fingerprint density at radius 2 is 1.07 bits per heavy atom. The van der Waals surface area contributed by atoms with Crippen LogP contribution in [0.15, 0.2) is 199 Å². The van der Waals surface area contributed by atoms with Crippen molar-refractivity contribution in [2.24, 2.45) is 0 Å². The number of fused-ring (bicyclic) bond motifs is 20. The van der Waals surface area contributed by atoms with Gasteiger partial charge in [-0.3, -0.25) is 0 Å². The van der Waals surface area contributed by atoms with Crippen LogP contribution in [0.5, 0.6) is 0 Å².